The molecule has 2 aromatic carbocycles. The predicted molar refractivity (Wildman–Crippen MR) is 92.5 cm³/mol. The van der Waals surface area contributed by atoms with Crippen molar-refractivity contribution in [3.63, 3.8) is 0 Å². The lowest BCUT2D eigenvalue weighted by Gasteiger charge is -2.03. The Bertz CT molecular complexity index is 893. The summed E-state index contributed by atoms with van der Waals surface area (Å²) < 4.78 is 7.48. The molecule has 0 amide bonds. The standard InChI is InChI=1S/C18H15NO3S/c20-17(22-12-6-9-14-7-2-1-3-8-14)13-19-15-10-4-5-11-16(15)23-18(19)21/h1-11H,12-13H2/b9-6+. The van der Waals surface area contributed by atoms with Crippen LogP contribution >= 0.6 is 11.3 Å². The molecule has 4 nitrogen and oxygen atoms in total. The topological polar surface area (TPSA) is 48.3 Å². The summed E-state index contributed by atoms with van der Waals surface area (Å²) in [6.07, 6.45) is 3.67. The molecule has 0 atom stereocenters. The van der Waals surface area contributed by atoms with Crippen molar-refractivity contribution < 1.29 is 9.53 Å². The van der Waals surface area contributed by atoms with Gasteiger partial charge in [0.05, 0.1) is 10.2 Å². The molecule has 0 fully saturated rings. The van der Waals surface area contributed by atoms with Gasteiger partial charge in [0.2, 0.25) is 0 Å². The molecule has 0 aliphatic rings. The van der Waals surface area contributed by atoms with Crippen LogP contribution in [0.4, 0.5) is 0 Å². The summed E-state index contributed by atoms with van der Waals surface area (Å²) in [6.45, 7) is 0.118. The Balaban J connectivity index is 1.60. The maximum Gasteiger partial charge on any atom is 0.326 e. The number of carbonyl (C=O) groups is 1. The molecule has 3 aromatic rings. The van der Waals surface area contributed by atoms with Crippen LogP contribution in [0.25, 0.3) is 16.3 Å². The molecular weight excluding hydrogens is 310 g/mol. The Labute approximate surface area is 137 Å². The summed E-state index contributed by atoms with van der Waals surface area (Å²) >= 11 is 1.13. The number of esters is 1. The lowest BCUT2D eigenvalue weighted by atomic mass is 10.2. The van der Waals surface area contributed by atoms with E-state index >= 15 is 0 Å². The van der Waals surface area contributed by atoms with Gasteiger partial charge >= 0.3 is 10.8 Å². The van der Waals surface area contributed by atoms with Crippen LogP contribution in [0.5, 0.6) is 0 Å². The number of rotatable bonds is 5. The zero-order valence-corrected chi connectivity index (χ0v) is 13.2. The molecule has 5 heteroatoms. The smallest absolute Gasteiger partial charge is 0.326 e. The summed E-state index contributed by atoms with van der Waals surface area (Å²) in [7, 11) is 0. The minimum Gasteiger partial charge on any atom is -0.460 e. The van der Waals surface area contributed by atoms with Crippen LogP contribution in [0.15, 0.2) is 65.5 Å². The Morgan fingerprint density at radius 3 is 2.65 bits per heavy atom. The number of para-hydroxylation sites is 1. The van der Waals surface area contributed by atoms with Gasteiger partial charge in [0, 0.05) is 0 Å². The number of hydrogen-bond acceptors (Lipinski definition) is 4. The van der Waals surface area contributed by atoms with Gasteiger partial charge in [0.1, 0.15) is 13.2 Å². The van der Waals surface area contributed by atoms with Crippen molar-refractivity contribution in [1.82, 2.24) is 4.57 Å². The molecule has 0 aliphatic carbocycles. The fourth-order valence-corrected chi connectivity index (χ4v) is 3.12. The van der Waals surface area contributed by atoms with E-state index in [2.05, 4.69) is 0 Å². The molecule has 0 bridgehead atoms. The molecule has 0 spiro atoms. The van der Waals surface area contributed by atoms with Gasteiger partial charge in [-0.1, -0.05) is 59.9 Å². The Morgan fingerprint density at radius 2 is 1.83 bits per heavy atom. The largest absolute Gasteiger partial charge is 0.460 e. The first kappa shape index (κ1) is 15.2. The second-order valence-corrected chi connectivity index (χ2v) is 5.91. The van der Waals surface area contributed by atoms with Gasteiger partial charge in [-0.05, 0) is 23.8 Å². The average molecular weight is 325 g/mol. The van der Waals surface area contributed by atoms with Crippen molar-refractivity contribution in [3.05, 3.63) is 75.9 Å². The molecule has 116 valence electrons. The molecule has 23 heavy (non-hydrogen) atoms. The van der Waals surface area contributed by atoms with Crippen molar-refractivity contribution in [2.24, 2.45) is 0 Å². The lowest BCUT2D eigenvalue weighted by molar-refractivity contribution is -0.143. The number of fused-ring (bicyclic) bond motifs is 1. The summed E-state index contributed by atoms with van der Waals surface area (Å²) in [6, 6.07) is 17.2. The fourth-order valence-electron chi connectivity index (χ4n) is 2.23. The minimum atomic E-state index is -0.423. The Kier molecular flexibility index (Phi) is 4.68. The molecule has 0 radical (unpaired) electrons. The number of ether oxygens (including phenoxy) is 1. The third-order valence-corrected chi connectivity index (χ3v) is 4.27. The Hall–Kier alpha value is -2.66. The van der Waals surface area contributed by atoms with Gasteiger partial charge in [-0.2, -0.15) is 0 Å². The molecule has 0 saturated heterocycles. The third-order valence-electron chi connectivity index (χ3n) is 3.31. The number of carbonyl (C=O) groups excluding carboxylic acids is 1. The average Bonchev–Trinajstić information content (AvgIpc) is 2.88. The summed E-state index contributed by atoms with van der Waals surface area (Å²) in [5.74, 6) is -0.423. The quantitative estimate of drug-likeness (QED) is 0.676. The highest BCUT2D eigenvalue weighted by Crippen LogP contribution is 2.16. The van der Waals surface area contributed by atoms with Crippen LogP contribution in [-0.2, 0) is 16.1 Å². The van der Waals surface area contributed by atoms with Crippen LogP contribution in [0.1, 0.15) is 5.56 Å². The molecule has 3 rings (SSSR count). The van der Waals surface area contributed by atoms with E-state index in [0.29, 0.717) is 0 Å². The van der Waals surface area contributed by atoms with E-state index in [0.717, 1.165) is 27.1 Å². The zero-order valence-electron chi connectivity index (χ0n) is 12.3. The van der Waals surface area contributed by atoms with Crippen molar-refractivity contribution in [2.45, 2.75) is 6.54 Å². The van der Waals surface area contributed by atoms with Crippen molar-refractivity contribution in [2.75, 3.05) is 6.61 Å². The number of thiazole rings is 1. The normalized spacial score (nSPS) is 11.1. The summed E-state index contributed by atoms with van der Waals surface area (Å²) in [5, 5.41) is 0. The van der Waals surface area contributed by atoms with Gasteiger partial charge in [0.25, 0.3) is 0 Å². The van der Waals surface area contributed by atoms with Crippen molar-refractivity contribution >= 4 is 33.6 Å². The predicted octanol–water partition coefficient (Wildman–Crippen LogP) is 3.32. The van der Waals surface area contributed by atoms with Crippen LogP contribution < -0.4 is 4.87 Å². The summed E-state index contributed by atoms with van der Waals surface area (Å²) in [4.78, 5) is 23.7. The molecule has 0 N–H and O–H groups in total. The van der Waals surface area contributed by atoms with Crippen molar-refractivity contribution in [1.29, 1.82) is 0 Å². The van der Waals surface area contributed by atoms with Crippen LogP contribution in [0.2, 0.25) is 0 Å². The first-order chi connectivity index (χ1) is 11.2. The Morgan fingerprint density at radius 1 is 1.09 bits per heavy atom. The molecule has 0 saturated carbocycles. The fraction of sp³-hybridized carbons (Fsp3) is 0.111. The first-order valence-corrected chi connectivity index (χ1v) is 8.01. The minimum absolute atomic E-state index is 0.0674. The van der Waals surface area contributed by atoms with E-state index in [1.54, 1.807) is 6.08 Å². The van der Waals surface area contributed by atoms with E-state index in [1.807, 2.05) is 60.7 Å². The molecule has 0 unspecified atom stereocenters. The second-order valence-electron chi connectivity index (χ2n) is 4.92. The van der Waals surface area contributed by atoms with E-state index in [1.165, 1.54) is 4.57 Å². The highest BCUT2D eigenvalue weighted by Gasteiger charge is 2.11. The first-order valence-electron chi connectivity index (χ1n) is 7.19. The lowest BCUT2D eigenvalue weighted by Crippen LogP contribution is -2.20. The van der Waals surface area contributed by atoms with Crippen molar-refractivity contribution in [3.8, 4) is 0 Å². The molecular formula is C18H15NO3S. The van der Waals surface area contributed by atoms with Crippen LogP contribution in [0.3, 0.4) is 0 Å². The van der Waals surface area contributed by atoms with E-state index < -0.39 is 5.97 Å². The van der Waals surface area contributed by atoms with E-state index in [-0.39, 0.29) is 18.0 Å². The van der Waals surface area contributed by atoms with Gasteiger partial charge in [-0.15, -0.1) is 0 Å². The maximum absolute atomic E-state index is 11.9. The highest BCUT2D eigenvalue weighted by molar-refractivity contribution is 7.16. The monoisotopic (exact) mass is 325 g/mol. The maximum atomic E-state index is 11.9. The van der Waals surface area contributed by atoms with Gasteiger partial charge < -0.3 is 4.74 Å². The van der Waals surface area contributed by atoms with Gasteiger partial charge in [-0.3, -0.25) is 14.2 Å². The third kappa shape index (κ3) is 3.76. The number of nitrogens with zero attached hydrogens (tertiary/aromatic N) is 1. The number of benzene rings is 2. The summed E-state index contributed by atoms with van der Waals surface area (Å²) in [5.41, 5.74) is 1.81. The number of aromatic nitrogens is 1. The van der Waals surface area contributed by atoms with E-state index in [4.69, 9.17) is 4.74 Å². The van der Waals surface area contributed by atoms with E-state index in [9.17, 15) is 9.59 Å². The number of hydrogen-bond donors (Lipinski definition) is 0. The molecule has 0 aliphatic heterocycles. The van der Waals surface area contributed by atoms with Crippen LogP contribution in [0, 0.1) is 0 Å². The zero-order chi connectivity index (χ0) is 16.1. The molecule has 1 aromatic heterocycles. The van der Waals surface area contributed by atoms with Gasteiger partial charge in [-0.25, -0.2) is 0 Å². The second kappa shape index (κ2) is 7.07. The van der Waals surface area contributed by atoms with Crippen LogP contribution in [-0.4, -0.2) is 17.1 Å². The highest BCUT2D eigenvalue weighted by atomic mass is 32.1. The molecule has 1 heterocycles. The SMILES string of the molecule is O=C(Cn1c(=O)sc2ccccc21)OC/C=C/c1ccccc1. The van der Waals surface area contributed by atoms with Gasteiger partial charge in [0.15, 0.2) is 0 Å².